The van der Waals surface area contributed by atoms with Gasteiger partial charge in [0, 0.05) is 26.0 Å². The zero-order chi connectivity index (χ0) is 13.2. The van der Waals surface area contributed by atoms with E-state index in [1.54, 1.807) is 18.9 Å². The molecule has 18 heavy (non-hydrogen) atoms. The van der Waals surface area contributed by atoms with Crippen LogP contribution in [-0.2, 0) is 11.3 Å². The van der Waals surface area contributed by atoms with E-state index in [0.717, 1.165) is 43.6 Å². The van der Waals surface area contributed by atoms with Crippen LogP contribution in [0.15, 0.2) is 5.16 Å². The molecule has 0 aliphatic carbocycles. The van der Waals surface area contributed by atoms with Crippen molar-refractivity contribution in [3.8, 4) is 0 Å². The molecule has 1 aromatic heterocycles. The molecule has 0 radical (unpaired) electrons. The normalized spacial score (nSPS) is 11.3. The molecule has 0 spiro atoms. The van der Waals surface area contributed by atoms with Crippen molar-refractivity contribution in [1.29, 1.82) is 0 Å². The largest absolute Gasteiger partial charge is 0.385 e. The maximum Gasteiger partial charge on any atom is 0.209 e. The fourth-order valence-electron chi connectivity index (χ4n) is 1.38. The molecule has 1 aromatic rings. The number of nitrogens with zero attached hydrogens (tertiary/aromatic N) is 4. The van der Waals surface area contributed by atoms with Crippen molar-refractivity contribution in [2.75, 3.05) is 32.6 Å². The van der Waals surface area contributed by atoms with Gasteiger partial charge in [-0.05, 0) is 29.3 Å². The lowest BCUT2D eigenvalue weighted by atomic mass is 10.2. The average Bonchev–Trinajstić information content (AvgIpc) is 2.78. The number of nitrogens with one attached hydrogen (secondary N) is 1. The second-order valence-electron chi connectivity index (χ2n) is 4.48. The van der Waals surface area contributed by atoms with Crippen LogP contribution in [0.1, 0.15) is 20.3 Å². The molecule has 0 fully saturated rings. The zero-order valence-electron chi connectivity index (χ0n) is 11.4. The number of hydrogen-bond donors (Lipinski definition) is 1. The van der Waals surface area contributed by atoms with E-state index < -0.39 is 0 Å². The minimum absolute atomic E-state index is 0.668. The maximum absolute atomic E-state index is 5.01. The highest BCUT2D eigenvalue weighted by atomic mass is 32.2. The Morgan fingerprint density at radius 3 is 3.00 bits per heavy atom. The van der Waals surface area contributed by atoms with Crippen LogP contribution in [0, 0.1) is 5.92 Å². The van der Waals surface area contributed by atoms with E-state index in [2.05, 4.69) is 34.7 Å². The van der Waals surface area contributed by atoms with Gasteiger partial charge in [0.05, 0.1) is 6.54 Å². The van der Waals surface area contributed by atoms with Crippen LogP contribution >= 0.6 is 11.8 Å². The van der Waals surface area contributed by atoms with Crippen LogP contribution in [0.3, 0.4) is 0 Å². The number of tetrazole rings is 1. The molecule has 7 heteroatoms. The predicted molar refractivity (Wildman–Crippen MR) is 72.7 cm³/mol. The summed E-state index contributed by atoms with van der Waals surface area (Å²) in [7, 11) is 1.72. The van der Waals surface area contributed by atoms with E-state index in [0.29, 0.717) is 5.92 Å². The van der Waals surface area contributed by atoms with E-state index >= 15 is 0 Å². The van der Waals surface area contributed by atoms with Crippen molar-refractivity contribution in [2.45, 2.75) is 32.0 Å². The molecule has 1 N–H and O–H groups in total. The fraction of sp³-hybridized carbons (Fsp3) is 0.909. The highest BCUT2D eigenvalue weighted by Crippen LogP contribution is 2.14. The van der Waals surface area contributed by atoms with E-state index in [9.17, 15) is 0 Å². The average molecular weight is 273 g/mol. The first-order valence-corrected chi connectivity index (χ1v) is 7.31. The molecule has 0 amide bonds. The van der Waals surface area contributed by atoms with Crippen molar-refractivity contribution in [1.82, 2.24) is 25.5 Å². The van der Waals surface area contributed by atoms with Gasteiger partial charge in [-0.15, -0.1) is 5.10 Å². The Morgan fingerprint density at radius 2 is 2.28 bits per heavy atom. The van der Waals surface area contributed by atoms with Gasteiger partial charge in [0.2, 0.25) is 5.16 Å². The lowest BCUT2D eigenvalue weighted by Gasteiger charge is -2.08. The summed E-state index contributed by atoms with van der Waals surface area (Å²) in [5, 5.41) is 16.0. The number of rotatable bonds is 10. The Bertz CT molecular complexity index is 318. The Kier molecular flexibility index (Phi) is 7.95. The van der Waals surface area contributed by atoms with Gasteiger partial charge in [-0.2, -0.15) is 0 Å². The second-order valence-corrected chi connectivity index (χ2v) is 5.54. The molecule has 1 rings (SSSR count). The van der Waals surface area contributed by atoms with Crippen molar-refractivity contribution in [2.24, 2.45) is 5.92 Å². The predicted octanol–water partition coefficient (Wildman–Crippen LogP) is 1.05. The van der Waals surface area contributed by atoms with Gasteiger partial charge in [0.1, 0.15) is 0 Å². The first-order chi connectivity index (χ1) is 8.74. The Morgan fingerprint density at radius 1 is 1.44 bits per heavy atom. The summed E-state index contributed by atoms with van der Waals surface area (Å²) in [6.07, 6.45) is 1.01. The maximum atomic E-state index is 5.01. The van der Waals surface area contributed by atoms with E-state index in [4.69, 9.17) is 4.74 Å². The third kappa shape index (κ3) is 6.32. The first kappa shape index (κ1) is 15.4. The first-order valence-electron chi connectivity index (χ1n) is 6.32. The lowest BCUT2D eigenvalue weighted by Crippen LogP contribution is -2.24. The molecule has 1 heterocycles. The number of aromatic nitrogens is 4. The molecule has 0 aliphatic rings. The molecule has 0 saturated heterocycles. The molecular weight excluding hydrogens is 250 g/mol. The summed E-state index contributed by atoms with van der Waals surface area (Å²) in [5.74, 6) is 1.65. The Hall–Kier alpha value is -0.660. The van der Waals surface area contributed by atoms with Crippen molar-refractivity contribution in [3.63, 3.8) is 0 Å². The van der Waals surface area contributed by atoms with Gasteiger partial charge in [0.25, 0.3) is 0 Å². The van der Waals surface area contributed by atoms with Crippen LogP contribution in [-0.4, -0.2) is 52.8 Å². The van der Waals surface area contributed by atoms with E-state index in [1.807, 2.05) is 4.68 Å². The molecular formula is C11H23N5OS. The van der Waals surface area contributed by atoms with Crippen LogP contribution in [0.5, 0.6) is 0 Å². The summed E-state index contributed by atoms with van der Waals surface area (Å²) in [5.41, 5.74) is 0. The van der Waals surface area contributed by atoms with Crippen LogP contribution in [0.25, 0.3) is 0 Å². The van der Waals surface area contributed by atoms with Gasteiger partial charge in [0.15, 0.2) is 0 Å². The zero-order valence-corrected chi connectivity index (χ0v) is 12.2. The van der Waals surface area contributed by atoms with Crippen LogP contribution in [0.4, 0.5) is 0 Å². The fourth-order valence-corrected chi connectivity index (χ4v) is 2.20. The second kappa shape index (κ2) is 9.29. The molecule has 0 bridgehead atoms. The Labute approximate surface area is 113 Å². The van der Waals surface area contributed by atoms with Crippen molar-refractivity contribution < 1.29 is 4.74 Å². The number of methoxy groups -OCH3 is 1. The third-order valence-electron chi connectivity index (χ3n) is 2.28. The third-order valence-corrected chi connectivity index (χ3v) is 3.32. The van der Waals surface area contributed by atoms with Gasteiger partial charge in [-0.25, -0.2) is 4.68 Å². The minimum Gasteiger partial charge on any atom is -0.385 e. The van der Waals surface area contributed by atoms with Crippen molar-refractivity contribution in [3.05, 3.63) is 0 Å². The minimum atomic E-state index is 0.668. The molecule has 0 aromatic carbocycles. The molecule has 0 unspecified atom stereocenters. The summed E-state index contributed by atoms with van der Waals surface area (Å²) in [6, 6.07) is 0. The van der Waals surface area contributed by atoms with E-state index in [1.165, 1.54) is 0 Å². The van der Waals surface area contributed by atoms with Crippen molar-refractivity contribution >= 4 is 11.8 Å². The lowest BCUT2D eigenvalue weighted by molar-refractivity contribution is 0.200. The SMILES string of the molecule is COCCCSc1nnnn1CCNCC(C)C. The summed E-state index contributed by atoms with van der Waals surface area (Å²) in [6.45, 7) is 7.91. The molecule has 0 saturated carbocycles. The van der Waals surface area contributed by atoms with E-state index in [-0.39, 0.29) is 0 Å². The summed E-state index contributed by atoms with van der Waals surface area (Å²) < 4.78 is 6.86. The summed E-state index contributed by atoms with van der Waals surface area (Å²) >= 11 is 1.68. The van der Waals surface area contributed by atoms with Gasteiger partial charge in [-0.1, -0.05) is 25.6 Å². The van der Waals surface area contributed by atoms with Gasteiger partial charge in [-0.3, -0.25) is 0 Å². The quantitative estimate of drug-likeness (QED) is 0.508. The smallest absolute Gasteiger partial charge is 0.209 e. The van der Waals surface area contributed by atoms with Gasteiger partial charge < -0.3 is 10.1 Å². The van der Waals surface area contributed by atoms with Crippen LogP contribution < -0.4 is 5.32 Å². The van der Waals surface area contributed by atoms with Crippen LogP contribution in [0.2, 0.25) is 0 Å². The highest BCUT2D eigenvalue weighted by molar-refractivity contribution is 7.99. The molecule has 6 nitrogen and oxygen atoms in total. The monoisotopic (exact) mass is 273 g/mol. The van der Waals surface area contributed by atoms with Gasteiger partial charge >= 0.3 is 0 Å². The number of thioether (sulfide) groups is 1. The standard InChI is InChI=1S/C11H23N5OS/c1-10(2)9-12-5-6-16-11(13-14-15-16)18-8-4-7-17-3/h10,12H,4-9H2,1-3H3. The molecule has 104 valence electrons. The molecule has 0 atom stereocenters. The topological polar surface area (TPSA) is 64.9 Å². The number of hydrogen-bond acceptors (Lipinski definition) is 6. The Balaban J connectivity index is 2.22. The highest BCUT2D eigenvalue weighted by Gasteiger charge is 2.05. The number of ether oxygens (including phenoxy) is 1. The summed E-state index contributed by atoms with van der Waals surface area (Å²) in [4.78, 5) is 0. The molecule has 0 aliphatic heterocycles.